The van der Waals surface area contributed by atoms with Gasteiger partial charge < -0.3 is 4.74 Å². The summed E-state index contributed by atoms with van der Waals surface area (Å²) in [6.45, 7) is 0. The van der Waals surface area contributed by atoms with Gasteiger partial charge in [0, 0.05) is 7.05 Å². The number of nitroso groups, excluding NO2 is 1. The SMILES string of the molecule is CN(N=O)C(=O)Oc1c(Cl)c(Cl)c(Cl)c(Cl)c1Cl. The molecule has 0 saturated carbocycles. The fourth-order valence-corrected chi connectivity index (χ4v) is 2.06. The van der Waals surface area contributed by atoms with Crippen molar-refractivity contribution in [2.75, 3.05) is 7.05 Å². The molecule has 0 aliphatic heterocycles. The van der Waals surface area contributed by atoms with E-state index in [9.17, 15) is 9.70 Å². The molecule has 0 aliphatic carbocycles. The largest absolute Gasteiger partial charge is 0.438 e. The second kappa shape index (κ2) is 6.12. The number of nitrogens with zero attached hydrogens (tertiary/aromatic N) is 2. The van der Waals surface area contributed by atoms with E-state index < -0.39 is 6.09 Å². The summed E-state index contributed by atoms with van der Waals surface area (Å²) >= 11 is 28.9. The number of rotatable bonds is 2. The minimum absolute atomic E-state index is 0.0741. The maximum Gasteiger partial charge on any atom is 0.438 e. The van der Waals surface area contributed by atoms with Gasteiger partial charge in [-0.25, -0.2) is 4.79 Å². The fourth-order valence-electron chi connectivity index (χ4n) is 0.861. The smallest absolute Gasteiger partial charge is 0.406 e. The van der Waals surface area contributed by atoms with Gasteiger partial charge in [0.1, 0.15) is 10.0 Å². The molecule has 0 radical (unpaired) electrons. The summed E-state index contributed by atoms with van der Waals surface area (Å²) < 4.78 is 4.75. The number of amides is 1. The molecule has 10 heteroatoms. The monoisotopic (exact) mass is 350 g/mol. The Morgan fingerprint density at radius 1 is 1.00 bits per heavy atom. The van der Waals surface area contributed by atoms with E-state index in [-0.39, 0.29) is 30.9 Å². The van der Waals surface area contributed by atoms with E-state index in [2.05, 4.69) is 5.29 Å². The van der Waals surface area contributed by atoms with Crippen molar-refractivity contribution in [2.24, 2.45) is 5.29 Å². The molecule has 5 nitrogen and oxygen atoms in total. The van der Waals surface area contributed by atoms with Crippen LogP contribution in [0.5, 0.6) is 5.75 Å². The minimum Gasteiger partial charge on any atom is -0.406 e. The van der Waals surface area contributed by atoms with Crippen LogP contribution in [0.1, 0.15) is 0 Å². The number of carbonyl (C=O) groups excluding carboxylic acids is 1. The van der Waals surface area contributed by atoms with Crippen molar-refractivity contribution >= 4 is 64.1 Å². The topological polar surface area (TPSA) is 59.0 Å². The maximum absolute atomic E-state index is 11.3. The third-order valence-corrected chi connectivity index (χ3v) is 3.99. The Hall–Kier alpha value is -0.460. The molecule has 0 fully saturated rings. The molecule has 18 heavy (non-hydrogen) atoms. The molecule has 0 saturated heterocycles. The van der Waals surface area contributed by atoms with Crippen LogP contribution in [0.3, 0.4) is 0 Å². The van der Waals surface area contributed by atoms with Gasteiger partial charge >= 0.3 is 6.09 Å². The van der Waals surface area contributed by atoms with Crippen LogP contribution in [0.4, 0.5) is 4.79 Å². The van der Waals surface area contributed by atoms with Gasteiger partial charge in [-0.2, -0.15) is 5.01 Å². The Kier molecular flexibility index (Phi) is 5.31. The molecular weight excluding hydrogens is 349 g/mol. The van der Waals surface area contributed by atoms with E-state index >= 15 is 0 Å². The minimum atomic E-state index is -1.11. The quantitative estimate of drug-likeness (QED) is 0.323. The first-order chi connectivity index (χ1) is 8.31. The zero-order chi connectivity index (χ0) is 14.0. The van der Waals surface area contributed by atoms with Crippen LogP contribution in [0.2, 0.25) is 25.1 Å². The normalized spacial score (nSPS) is 10.1. The zero-order valence-corrected chi connectivity index (χ0v) is 12.3. The predicted octanol–water partition coefficient (Wildman–Crippen LogP) is 5.07. The molecule has 0 N–H and O–H groups in total. The van der Waals surface area contributed by atoms with E-state index in [0.29, 0.717) is 5.01 Å². The van der Waals surface area contributed by atoms with E-state index in [0.717, 1.165) is 7.05 Å². The van der Waals surface area contributed by atoms with E-state index in [4.69, 9.17) is 62.7 Å². The Morgan fingerprint density at radius 3 is 1.78 bits per heavy atom. The molecule has 0 atom stereocenters. The van der Waals surface area contributed by atoms with Gasteiger partial charge in [-0.15, -0.1) is 4.91 Å². The first-order valence-electron chi connectivity index (χ1n) is 4.11. The molecule has 0 heterocycles. The zero-order valence-electron chi connectivity index (χ0n) is 8.51. The number of hydrogen-bond donors (Lipinski definition) is 0. The second-order valence-electron chi connectivity index (χ2n) is 2.87. The molecule has 0 bridgehead atoms. The van der Waals surface area contributed by atoms with Crippen LogP contribution in [0.25, 0.3) is 0 Å². The number of carbonyl (C=O) groups is 1. The molecule has 1 rings (SSSR count). The first kappa shape index (κ1) is 15.6. The first-order valence-corrected chi connectivity index (χ1v) is 6.00. The number of hydrogen-bond acceptors (Lipinski definition) is 4. The molecule has 1 amide bonds. The van der Waals surface area contributed by atoms with Gasteiger partial charge in [-0.3, -0.25) is 0 Å². The van der Waals surface area contributed by atoms with Crippen LogP contribution >= 0.6 is 58.0 Å². The highest BCUT2D eigenvalue weighted by Gasteiger charge is 2.24. The summed E-state index contributed by atoms with van der Waals surface area (Å²) in [5, 5.41) is 1.99. The maximum atomic E-state index is 11.3. The van der Waals surface area contributed by atoms with Crippen molar-refractivity contribution in [2.45, 2.75) is 0 Å². The Balaban J connectivity index is 3.26. The van der Waals surface area contributed by atoms with Crippen molar-refractivity contribution in [1.29, 1.82) is 0 Å². The molecule has 0 unspecified atom stereocenters. The van der Waals surface area contributed by atoms with Crippen molar-refractivity contribution < 1.29 is 9.53 Å². The van der Waals surface area contributed by atoms with E-state index in [1.165, 1.54) is 0 Å². The highest BCUT2D eigenvalue weighted by Crippen LogP contribution is 2.48. The van der Waals surface area contributed by atoms with Gasteiger partial charge in [0.15, 0.2) is 5.75 Å². The average Bonchev–Trinajstić information content (AvgIpc) is 2.37. The highest BCUT2D eigenvalue weighted by atomic mass is 35.5. The number of benzene rings is 1. The van der Waals surface area contributed by atoms with Crippen LogP contribution < -0.4 is 4.74 Å². The standard InChI is InChI=1S/C8H3Cl5N2O3/c1-15(14-17)8(16)18-7-5(12)3(10)2(9)4(11)6(7)13/h1H3. The van der Waals surface area contributed by atoms with Crippen molar-refractivity contribution in [1.82, 2.24) is 5.01 Å². The van der Waals surface area contributed by atoms with Crippen molar-refractivity contribution in [3.05, 3.63) is 30.0 Å². The molecule has 1 aromatic rings. The summed E-state index contributed by atoms with van der Waals surface area (Å²) in [6, 6.07) is 0. The van der Waals surface area contributed by atoms with E-state index in [1.54, 1.807) is 0 Å². The van der Waals surface area contributed by atoms with Crippen molar-refractivity contribution in [3.8, 4) is 5.75 Å². The second-order valence-corrected chi connectivity index (χ2v) is 4.76. The Morgan fingerprint density at radius 2 is 1.39 bits per heavy atom. The van der Waals surface area contributed by atoms with E-state index in [1.807, 2.05) is 0 Å². The number of halogens is 5. The summed E-state index contributed by atoms with van der Waals surface area (Å²) in [4.78, 5) is 21.5. The molecule has 0 aromatic heterocycles. The third-order valence-electron chi connectivity index (χ3n) is 1.75. The third kappa shape index (κ3) is 2.92. The highest BCUT2D eigenvalue weighted by molar-refractivity contribution is 6.55. The van der Waals surface area contributed by atoms with Crippen LogP contribution in [0.15, 0.2) is 5.29 Å². The summed E-state index contributed by atoms with van der Waals surface area (Å²) in [5.41, 5.74) is 0. The lowest BCUT2D eigenvalue weighted by Gasteiger charge is -2.13. The van der Waals surface area contributed by atoms with Gasteiger partial charge in [-0.05, 0) is 0 Å². The lowest BCUT2D eigenvalue weighted by atomic mass is 10.3. The lowest BCUT2D eigenvalue weighted by molar-refractivity contribution is 0.164. The molecular formula is C8H3Cl5N2O3. The fraction of sp³-hybridized carbons (Fsp3) is 0.125. The molecule has 0 spiro atoms. The van der Waals surface area contributed by atoms with Crippen molar-refractivity contribution in [3.63, 3.8) is 0 Å². The summed E-state index contributed by atoms with van der Waals surface area (Å²) in [5.74, 6) is -0.307. The van der Waals surface area contributed by atoms with Gasteiger partial charge in [0.2, 0.25) is 0 Å². The van der Waals surface area contributed by atoms with Crippen LogP contribution in [0, 0.1) is 4.91 Å². The molecule has 0 aliphatic rings. The van der Waals surface area contributed by atoms with Gasteiger partial charge in [0.25, 0.3) is 0 Å². The predicted molar refractivity (Wildman–Crippen MR) is 71.1 cm³/mol. The number of ether oxygens (including phenoxy) is 1. The summed E-state index contributed by atoms with van der Waals surface area (Å²) in [7, 11) is 1.08. The van der Waals surface area contributed by atoms with Crippen LogP contribution in [-0.4, -0.2) is 18.1 Å². The Labute approximate surface area is 126 Å². The van der Waals surface area contributed by atoms with Gasteiger partial charge in [0.05, 0.1) is 20.4 Å². The Bertz CT molecular complexity index is 493. The van der Waals surface area contributed by atoms with Crippen LogP contribution in [-0.2, 0) is 0 Å². The lowest BCUT2D eigenvalue weighted by Crippen LogP contribution is -2.24. The molecule has 98 valence electrons. The average molecular weight is 352 g/mol. The van der Waals surface area contributed by atoms with Gasteiger partial charge in [-0.1, -0.05) is 58.0 Å². The molecule has 1 aromatic carbocycles. The summed E-state index contributed by atoms with van der Waals surface area (Å²) in [6.07, 6.45) is -1.11.